The number of aliphatic hydroxyl groups is 1. The van der Waals surface area contributed by atoms with Crippen LogP contribution in [-0.4, -0.2) is 29.7 Å². The van der Waals surface area contributed by atoms with Crippen LogP contribution in [0, 0.1) is 0 Å². The topological polar surface area (TPSA) is 61.4 Å². The maximum Gasteiger partial charge on any atom is 0.237 e. The highest BCUT2D eigenvalue weighted by Gasteiger charge is 2.33. The second kappa shape index (κ2) is 5.94. The standard InChI is InChI=1S/C16H22N2O2/c19-14-10-11-6-3-4-7-12(11)15(14)18-16(20)13-8-2-1-5-9-17-13/h3-4,6-7,13-15,17,19H,1-2,5,8-10H2,(H,18,20)/t13?,14-,15+/m0/s1. The summed E-state index contributed by atoms with van der Waals surface area (Å²) in [7, 11) is 0. The van der Waals surface area contributed by atoms with E-state index in [4.69, 9.17) is 0 Å². The lowest BCUT2D eigenvalue weighted by atomic mass is 10.1. The lowest BCUT2D eigenvalue weighted by Crippen LogP contribution is -2.46. The minimum Gasteiger partial charge on any atom is -0.390 e. The van der Waals surface area contributed by atoms with Gasteiger partial charge < -0.3 is 15.7 Å². The molecule has 4 heteroatoms. The summed E-state index contributed by atoms with van der Waals surface area (Å²) in [4.78, 5) is 12.4. The zero-order valence-corrected chi connectivity index (χ0v) is 11.6. The van der Waals surface area contributed by atoms with Gasteiger partial charge in [0.05, 0.1) is 18.2 Å². The molecule has 3 rings (SSSR count). The van der Waals surface area contributed by atoms with Gasteiger partial charge in [0.2, 0.25) is 5.91 Å². The van der Waals surface area contributed by atoms with Gasteiger partial charge in [0, 0.05) is 6.42 Å². The summed E-state index contributed by atoms with van der Waals surface area (Å²) in [6.07, 6.45) is 4.41. The molecular formula is C16H22N2O2. The number of amides is 1. The van der Waals surface area contributed by atoms with Crippen LogP contribution in [0.3, 0.4) is 0 Å². The number of hydrogen-bond donors (Lipinski definition) is 3. The molecule has 1 aromatic carbocycles. The van der Waals surface area contributed by atoms with Crippen LogP contribution in [0.2, 0.25) is 0 Å². The van der Waals surface area contributed by atoms with E-state index in [0.29, 0.717) is 6.42 Å². The average Bonchev–Trinajstić information content (AvgIpc) is 2.66. The molecule has 0 bridgehead atoms. The van der Waals surface area contributed by atoms with Crippen molar-refractivity contribution in [1.29, 1.82) is 0 Å². The minimum atomic E-state index is -0.512. The first-order valence-electron chi connectivity index (χ1n) is 7.55. The second-order valence-corrected chi connectivity index (χ2v) is 5.81. The van der Waals surface area contributed by atoms with Gasteiger partial charge >= 0.3 is 0 Å². The summed E-state index contributed by atoms with van der Waals surface area (Å²) in [6.45, 7) is 0.905. The SMILES string of the molecule is O=C(N[C@@H]1c2ccccc2C[C@@H]1O)C1CCCCCN1. The highest BCUT2D eigenvalue weighted by Crippen LogP contribution is 2.31. The van der Waals surface area contributed by atoms with Gasteiger partial charge in [0.15, 0.2) is 0 Å². The normalized spacial score (nSPS) is 29.6. The van der Waals surface area contributed by atoms with E-state index in [9.17, 15) is 9.90 Å². The van der Waals surface area contributed by atoms with Gasteiger partial charge in [0.25, 0.3) is 0 Å². The summed E-state index contributed by atoms with van der Waals surface area (Å²) in [5.41, 5.74) is 2.20. The Labute approximate surface area is 119 Å². The molecule has 1 aliphatic carbocycles. The number of rotatable bonds is 2. The number of benzene rings is 1. The maximum absolute atomic E-state index is 12.4. The number of hydrogen-bond acceptors (Lipinski definition) is 3. The first-order chi connectivity index (χ1) is 9.75. The Balaban J connectivity index is 1.69. The predicted molar refractivity (Wildman–Crippen MR) is 77.3 cm³/mol. The van der Waals surface area contributed by atoms with Crippen LogP contribution >= 0.6 is 0 Å². The van der Waals surface area contributed by atoms with Crippen LogP contribution in [0.15, 0.2) is 24.3 Å². The fourth-order valence-electron chi connectivity index (χ4n) is 3.25. The van der Waals surface area contributed by atoms with Gasteiger partial charge in [-0.3, -0.25) is 4.79 Å². The number of carbonyl (C=O) groups is 1. The molecule has 1 amide bonds. The molecule has 3 N–H and O–H groups in total. The van der Waals surface area contributed by atoms with Crippen LogP contribution in [-0.2, 0) is 11.2 Å². The van der Waals surface area contributed by atoms with Crippen molar-refractivity contribution in [3.8, 4) is 0 Å². The number of carbonyl (C=O) groups excluding carboxylic acids is 1. The van der Waals surface area contributed by atoms with E-state index < -0.39 is 6.10 Å². The smallest absolute Gasteiger partial charge is 0.237 e. The van der Waals surface area contributed by atoms with Crippen molar-refractivity contribution in [2.45, 2.75) is 50.3 Å². The molecule has 0 aromatic heterocycles. The Kier molecular flexibility index (Phi) is 4.03. The number of fused-ring (bicyclic) bond motifs is 1. The molecule has 1 aromatic rings. The lowest BCUT2D eigenvalue weighted by molar-refractivity contribution is -0.124. The molecule has 4 nitrogen and oxygen atoms in total. The molecule has 0 spiro atoms. The number of aliphatic hydroxyl groups excluding tert-OH is 1. The molecule has 1 heterocycles. The van der Waals surface area contributed by atoms with Crippen molar-refractivity contribution in [3.63, 3.8) is 0 Å². The molecule has 0 saturated carbocycles. The summed E-state index contributed by atoms with van der Waals surface area (Å²) >= 11 is 0. The van der Waals surface area contributed by atoms with Crippen molar-refractivity contribution < 1.29 is 9.90 Å². The van der Waals surface area contributed by atoms with E-state index in [1.807, 2.05) is 24.3 Å². The Morgan fingerprint density at radius 2 is 2.10 bits per heavy atom. The molecule has 108 valence electrons. The molecule has 20 heavy (non-hydrogen) atoms. The highest BCUT2D eigenvalue weighted by atomic mass is 16.3. The molecule has 1 fully saturated rings. The van der Waals surface area contributed by atoms with Gasteiger partial charge in [-0.15, -0.1) is 0 Å². The molecule has 3 atom stereocenters. The van der Waals surface area contributed by atoms with Crippen molar-refractivity contribution in [2.24, 2.45) is 0 Å². The summed E-state index contributed by atoms with van der Waals surface area (Å²) < 4.78 is 0. The average molecular weight is 274 g/mol. The van der Waals surface area contributed by atoms with Crippen LogP contribution < -0.4 is 10.6 Å². The Hall–Kier alpha value is -1.39. The first kappa shape index (κ1) is 13.6. The largest absolute Gasteiger partial charge is 0.390 e. The van der Waals surface area contributed by atoms with E-state index in [1.165, 1.54) is 6.42 Å². The maximum atomic E-state index is 12.4. The summed E-state index contributed by atoms with van der Waals surface area (Å²) in [5.74, 6) is 0.0210. The third-order valence-corrected chi connectivity index (χ3v) is 4.38. The molecule has 0 radical (unpaired) electrons. The molecule has 2 aliphatic rings. The highest BCUT2D eigenvalue weighted by molar-refractivity contribution is 5.82. The monoisotopic (exact) mass is 274 g/mol. The van der Waals surface area contributed by atoms with Gasteiger partial charge in [-0.2, -0.15) is 0 Å². The summed E-state index contributed by atoms with van der Waals surface area (Å²) in [6, 6.07) is 7.58. The first-order valence-corrected chi connectivity index (χ1v) is 7.55. The minimum absolute atomic E-state index is 0.0210. The Bertz CT molecular complexity index is 481. The van der Waals surface area contributed by atoms with Crippen molar-refractivity contribution in [3.05, 3.63) is 35.4 Å². The van der Waals surface area contributed by atoms with Gasteiger partial charge in [0.1, 0.15) is 0 Å². The zero-order valence-electron chi connectivity index (χ0n) is 11.6. The lowest BCUT2D eigenvalue weighted by Gasteiger charge is -2.22. The third-order valence-electron chi connectivity index (χ3n) is 4.38. The van der Waals surface area contributed by atoms with Gasteiger partial charge in [-0.25, -0.2) is 0 Å². The van der Waals surface area contributed by atoms with E-state index in [2.05, 4.69) is 10.6 Å². The molecule has 1 saturated heterocycles. The fraction of sp³-hybridized carbons (Fsp3) is 0.562. The van der Waals surface area contributed by atoms with Crippen molar-refractivity contribution in [1.82, 2.24) is 10.6 Å². The van der Waals surface area contributed by atoms with Gasteiger partial charge in [-0.05, 0) is 30.5 Å². The second-order valence-electron chi connectivity index (χ2n) is 5.81. The van der Waals surface area contributed by atoms with Crippen molar-refractivity contribution in [2.75, 3.05) is 6.54 Å². The Morgan fingerprint density at radius 3 is 3.00 bits per heavy atom. The van der Waals surface area contributed by atoms with Crippen LogP contribution in [0.4, 0.5) is 0 Å². The Morgan fingerprint density at radius 1 is 1.25 bits per heavy atom. The fourth-order valence-corrected chi connectivity index (χ4v) is 3.25. The predicted octanol–water partition coefficient (Wildman–Crippen LogP) is 1.29. The molecule has 1 unspecified atom stereocenters. The van der Waals surface area contributed by atoms with Crippen LogP contribution in [0.25, 0.3) is 0 Å². The van der Waals surface area contributed by atoms with Gasteiger partial charge in [-0.1, -0.05) is 37.1 Å². The number of nitrogens with one attached hydrogen (secondary N) is 2. The van der Waals surface area contributed by atoms with Crippen LogP contribution in [0.5, 0.6) is 0 Å². The molecule has 1 aliphatic heterocycles. The van der Waals surface area contributed by atoms with E-state index >= 15 is 0 Å². The molecular weight excluding hydrogens is 252 g/mol. The third kappa shape index (κ3) is 2.72. The van der Waals surface area contributed by atoms with E-state index in [-0.39, 0.29) is 18.0 Å². The van der Waals surface area contributed by atoms with Crippen LogP contribution in [0.1, 0.15) is 42.9 Å². The quantitative estimate of drug-likeness (QED) is 0.761. The van der Waals surface area contributed by atoms with Crippen molar-refractivity contribution >= 4 is 5.91 Å². The summed E-state index contributed by atoms with van der Waals surface area (Å²) in [5, 5.41) is 16.5. The van der Waals surface area contributed by atoms with E-state index in [0.717, 1.165) is 36.9 Å². The van der Waals surface area contributed by atoms with E-state index in [1.54, 1.807) is 0 Å². The zero-order chi connectivity index (χ0) is 13.9.